The summed E-state index contributed by atoms with van der Waals surface area (Å²) in [6, 6.07) is 10.7. The Morgan fingerprint density at radius 3 is 2.74 bits per heavy atom. The predicted molar refractivity (Wildman–Crippen MR) is 84.6 cm³/mol. The van der Waals surface area contributed by atoms with E-state index in [0.717, 1.165) is 18.4 Å². The van der Waals surface area contributed by atoms with Crippen LogP contribution in [0.4, 0.5) is 0 Å². The molecule has 23 heavy (non-hydrogen) atoms. The number of aryl methyl sites for hydroxylation is 1. The van der Waals surface area contributed by atoms with Crippen LogP contribution in [-0.2, 0) is 16.4 Å². The highest BCUT2D eigenvalue weighted by atomic mass is 32.2. The Kier molecular flexibility index (Phi) is 3.99. The van der Waals surface area contributed by atoms with E-state index in [0.29, 0.717) is 0 Å². The lowest BCUT2D eigenvalue weighted by Crippen LogP contribution is -2.29. The molecule has 1 atom stereocenters. The van der Waals surface area contributed by atoms with Crippen molar-refractivity contribution in [1.82, 2.24) is 9.62 Å². The molecule has 1 aliphatic carbocycles. The van der Waals surface area contributed by atoms with E-state index in [-0.39, 0.29) is 22.8 Å². The van der Waals surface area contributed by atoms with Crippen LogP contribution < -0.4 is 4.72 Å². The molecular weight excluding hydrogens is 316 g/mol. The largest absolute Gasteiger partial charge is 0.438 e. The van der Waals surface area contributed by atoms with Gasteiger partial charge in [-0.2, -0.15) is 0 Å². The van der Waals surface area contributed by atoms with E-state index in [1.807, 2.05) is 18.2 Å². The molecule has 0 saturated heterocycles. The van der Waals surface area contributed by atoms with E-state index in [1.54, 1.807) is 11.9 Å². The summed E-state index contributed by atoms with van der Waals surface area (Å²) in [5.74, 6) is -0.310. The van der Waals surface area contributed by atoms with E-state index in [9.17, 15) is 13.2 Å². The average Bonchev–Trinajstić information content (AvgIpc) is 3.20. The van der Waals surface area contributed by atoms with Gasteiger partial charge in [0.15, 0.2) is 5.76 Å². The number of furan rings is 1. The summed E-state index contributed by atoms with van der Waals surface area (Å²) < 4.78 is 30.8. The first kappa shape index (κ1) is 15.8. The van der Waals surface area contributed by atoms with Crippen LogP contribution >= 0.6 is 0 Å². The molecule has 0 saturated carbocycles. The maximum Gasteiger partial charge on any atom is 0.289 e. The van der Waals surface area contributed by atoms with Crippen LogP contribution in [0.25, 0.3) is 0 Å². The smallest absolute Gasteiger partial charge is 0.289 e. The molecule has 0 bridgehead atoms. The molecule has 1 aromatic heterocycles. The van der Waals surface area contributed by atoms with E-state index < -0.39 is 10.0 Å². The second-order valence-electron chi connectivity index (χ2n) is 5.50. The Hall–Kier alpha value is -2.12. The van der Waals surface area contributed by atoms with Crippen LogP contribution in [0.1, 0.15) is 34.1 Å². The first-order chi connectivity index (χ1) is 10.9. The molecule has 0 unspecified atom stereocenters. The van der Waals surface area contributed by atoms with E-state index in [4.69, 9.17) is 4.42 Å². The van der Waals surface area contributed by atoms with Gasteiger partial charge in [-0.1, -0.05) is 24.3 Å². The molecule has 0 spiro atoms. The third-order valence-corrected chi connectivity index (χ3v) is 5.50. The van der Waals surface area contributed by atoms with Crippen LogP contribution in [0, 0.1) is 0 Å². The maximum absolute atomic E-state index is 12.6. The minimum Gasteiger partial charge on any atom is -0.438 e. The monoisotopic (exact) mass is 334 g/mol. The van der Waals surface area contributed by atoms with Gasteiger partial charge in [0, 0.05) is 7.05 Å². The maximum atomic E-state index is 12.6. The summed E-state index contributed by atoms with van der Waals surface area (Å²) in [5, 5.41) is -0.261. The summed E-state index contributed by atoms with van der Waals surface area (Å²) in [4.78, 5) is 14.2. The van der Waals surface area contributed by atoms with E-state index in [2.05, 4.69) is 10.8 Å². The zero-order valence-corrected chi connectivity index (χ0v) is 13.8. The molecule has 0 aliphatic heterocycles. The third kappa shape index (κ3) is 2.77. The highest BCUT2D eigenvalue weighted by Crippen LogP contribution is 2.35. The molecule has 1 N–H and O–H groups in total. The van der Waals surface area contributed by atoms with Crippen molar-refractivity contribution in [2.45, 2.75) is 24.0 Å². The van der Waals surface area contributed by atoms with Gasteiger partial charge in [0.05, 0.1) is 6.04 Å². The lowest BCUT2D eigenvalue weighted by atomic mass is 10.1. The molecule has 3 rings (SSSR count). The first-order valence-electron chi connectivity index (χ1n) is 7.32. The summed E-state index contributed by atoms with van der Waals surface area (Å²) in [5.41, 5.74) is 2.38. The first-order valence-corrected chi connectivity index (χ1v) is 8.80. The van der Waals surface area contributed by atoms with Crippen molar-refractivity contribution in [3.8, 4) is 0 Å². The Morgan fingerprint density at radius 1 is 1.26 bits per heavy atom. The fourth-order valence-electron chi connectivity index (χ4n) is 2.93. The third-order valence-electron chi connectivity index (χ3n) is 4.21. The highest BCUT2D eigenvalue weighted by Gasteiger charge is 2.30. The molecule has 1 amide bonds. The molecule has 0 fully saturated rings. The van der Waals surface area contributed by atoms with Crippen molar-refractivity contribution in [2.24, 2.45) is 0 Å². The zero-order valence-electron chi connectivity index (χ0n) is 12.9. The molecular formula is C16H18N2O4S. The Balaban J connectivity index is 1.84. The van der Waals surface area contributed by atoms with Gasteiger partial charge in [-0.25, -0.2) is 13.1 Å². The number of nitrogens with zero attached hydrogens (tertiary/aromatic N) is 1. The molecule has 1 aliphatic rings. The lowest BCUT2D eigenvalue weighted by Gasteiger charge is -2.24. The Labute approximate surface area is 135 Å². The van der Waals surface area contributed by atoms with Gasteiger partial charge in [-0.15, -0.1) is 0 Å². The fraction of sp³-hybridized carbons (Fsp3) is 0.312. The van der Waals surface area contributed by atoms with Crippen molar-refractivity contribution in [3.05, 3.63) is 53.3 Å². The molecule has 0 radical (unpaired) electrons. The zero-order chi connectivity index (χ0) is 16.6. The average molecular weight is 334 g/mol. The summed E-state index contributed by atoms with van der Waals surface area (Å²) in [6.45, 7) is 0. The van der Waals surface area contributed by atoms with Crippen molar-refractivity contribution in [2.75, 3.05) is 14.1 Å². The number of benzene rings is 1. The topological polar surface area (TPSA) is 79.6 Å². The summed E-state index contributed by atoms with van der Waals surface area (Å²) >= 11 is 0. The van der Waals surface area contributed by atoms with Gasteiger partial charge in [-0.3, -0.25) is 4.79 Å². The van der Waals surface area contributed by atoms with E-state index in [1.165, 1.54) is 24.7 Å². The van der Waals surface area contributed by atoms with Crippen LogP contribution in [0.3, 0.4) is 0 Å². The normalized spacial score (nSPS) is 17.0. The van der Waals surface area contributed by atoms with Gasteiger partial charge >= 0.3 is 0 Å². The molecule has 1 heterocycles. The van der Waals surface area contributed by atoms with Gasteiger partial charge in [0.1, 0.15) is 0 Å². The molecule has 6 nitrogen and oxygen atoms in total. The number of hydrogen-bond donors (Lipinski definition) is 1. The van der Waals surface area contributed by atoms with Gasteiger partial charge in [0.2, 0.25) is 5.09 Å². The SMILES string of the molecule is CNS(=O)(=O)c1ccc(C(=O)N(C)[C@@H]2CCc3ccccc32)o1. The van der Waals surface area contributed by atoms with Crippen molar-refractivity contribution >= 4 is 15.9 Å². The van der Waals surface area contributed by atoms with Gasteiger partial charge < -0.3 is 9.32 Å². The number of carbonyl (C=O) groups excluding carboxylic acids is 1. The molecule has 1 aromatic carbocycles. The van der Waals surface area contributed by atoms with Crippen molar-refractivity contribution < 1.29 is 17.6 Å². The number of rotatable bonds is 4. The van der Waals surface area contributed by atoms with Crippen LogP contribution in [0.5, 0.6) is 0 Å². The Morgan fingerprint density at radius 2 is 2.00 bits per heavy atom. The number of sulfonamides is 1. The number of hydrogen-bond acceptors (Lipinski definition) is 4. The van der Waals surface area contributed by atoms with E-state index >= 15 is 0 Å². The van der Waals surface area contributed by atoms with Crippen molar-refractivity contribution in [1.29, 1.82) is 0 Å². The number of amides is 1. The standard InChI is InChI=1S/C16H18N2O4S/c1-17-23(20,21)15-10-9-14(22-15)16(19)18(2)13-8-7-11-5-3-4-6-12(11)13/h3-6,9-10,13,17H,7-8H2,1-2H3/t13-/m1/s1. The quantitative estimate of drug-likeness (QED) is 0.927. The van der Waals surface area contributed by atoms with Gasteiger partial charge in [-0.05, 0) is 43.1 Å². The van der Waals surface area contributed by atoms with Gasteiger partial charge in [0.25, 0.3) is 15.9 Å². The van der Waals surface area contributed by atoms with Crippen LogP contribution in [0.15, 0.2) is 45.9 Å². The van der Waals surface area contributed by atoms with Crippen LogP contribution in [0.2, 0.25) is 0 Å². The number of nitrogens with one attached hydrogen (secondary N) is 1. The van der Waals surface area contributed by atoms with Crippen molar-refractivity contribution in [3.63, 3.8) is 0 Å². The minimum absolute atomic E-state index is 0.0192. The Bertz CT molecular complexity index is 841. The highest BCUT2D eigenvalue weighted by molar-refractivity contribution is 7.89. The second kappa shape index (κ2) is 5.82. The van der Waals surface area contributed by atoms with Crippen LogP contribution in [-0.4, -0.2) is 33.3 Å². The fourth-order valence-corrected chi connectivity index (χ4v) is 3.58. The summed E-state index contributed by atoms with van der Waals surface area (Å²) in [7, 11) is -0.687. The summed E-state index contributed by atoms with van der Waals surface area (Å²) in [6.07, 6.45) is 1.78. The molecule has 2 aromatic rings. The molecule has 122 valence electrons. The lowest BCUT2D eigenvalue weighted by molar-refractivity contribution is 0.0692. The second-order valence-corrected chi connectivity index (χ2v) is 7.31. The number of fused-ring (bicyclic) bond motifs is 1. The predicted octanol–water partition coefficient (Wildman–Crippen LogP) is 1.95. The minimum atomic E-state index is -3.69. The molecule has 7 heteroatoms. The number of carbonyl (C=O) groups is 1.